The van der Waals surface area contributed by atoms with Crippen LogP contribution in [0.25, 0.3) is 0 Å². The lowest BCUT2D eigenvalue weighted by Gasteiger charge is -2.01. The summed E-state index contributed by atoms with van der Waals surface area (Å²) in [6, 6.07) is -2.23. The highest BCUT2D eigenvalue weighted by atomic mass is 79.9. The molecular formula is C7H8BrNO. The van der Waals surface area contributed by atoms with Crippen molar-refractivity contribution >= 4 is 15.9 Å². The average Bonchev–Trinajstić information content (AvgIpc) is 2.22. The highest BCUT2D eigenvalue weighted by molar-refractivity contribution is 9.10. The van der Waals surface area contributed by atoms with Crippen LogP contribution in [-0.2, 0) is 6.50 Å². The Morgan fingerprint density at radius 3 is 3.50 bits per heavy atom. The second-order valence-electron chi connectivity index (χ2n) is 1.42. The van der Waals surface area contributed by atoms with Crippen LogP contribution in [0.2, 0.25) is 0 Å². The first-order chi connectivity index (χ1) is 7.93. The fraction of sp³-hybridized carbons (Fsp3) is 0.286. The number of rotatable bonds is 1. The van der Waals surface area contributed by atoms with Gasteiger partial charge in [-0.3, -0.25) is 4.79 Å². The Balaban J connectivity index is 3.79. The van der Waals surface area contributed by atoms with Crippen LogP contribution in [0, 0.1) is 0 Å². The molecule has 0 aliphatic heterocycles. The van der Waals surface area contributed by atoms with E-state index in [-0.39, 0.29) is 4.57 Å². The number of aromatic nitrogens is 1. The van der Waals surface area contributed by atoms with Crippen LogP contribution in [0.3, 0.4) is 0 Å². The maximum atomic E-state index is 11.7. The topological polar surface area (TPSA) is 22.0 Å². The molecule has 1 heterocycles. The third-order valence-electron chi connectivity index (χ3n) is 0.846. The summed E-state index contributed by atoms with van der Waals surface area (Å²) in [5, 5.41) is 0. The van der Waals surface area contributed by atoms with Crippen molar-refractivity contribution < 1.29 is 11.0 Å². The van der Waals surface area contributed by atoms with E-state index in [4.69, 9.17) is 11.0 Å². The highest BCUT2D eigenvalue weighted by Gasteiger charge is 1.94. The molecule has 2 nitrogen and oxygen atoms in total. The Morgan fingerprint density at radius 2 is 2.80 bits per heavy atom. The lowest BCUT2D eigenvalue weighted by molar-refractivity contribution is 0.709. The molecule has 0 N–H and O–H groups in total. The normalized spacial score (nSPS) is 24.1. The first kappa shape index (κ1) is 2.21. The first-order valence-corrected chi connectivity index (χ1v) is 3.11. The molecule has 0 aliphatic rings. The number of pyridine rings is 1. The molecule has 1 rings (SSSR count). The van der Waals surface area contributed by atoms with E-state index in [9.17, 15) is 4.79 Å². The second-order valence-corrected chi connectivity index (χ2v) is 2.17. The summed E-state index contributed by atoms with van der Waals surface area (Å²) in [7, 11) is 0. The van der Waals surface area contributed by atoms with Gasteiger partial charge in [0.2, 0.25) is 0 Å². The van der Waals surface area contributed by atoms with Gasteiger partial charge in [-0.2, -0.15) is 0 Å². The Kier molecular flexibility index (Phi) is 0.664. The zero-order valence-electron chi connectivity index (χ0n) is 12.7. The summed E-state index contributed by atoms with van der Waals surface area (Å²) in [5.41, 5.74) is -1.27. The van der Waals surface area contributed by atoms with E-state index >= 15 is 0 Å². The van der Waals surface area contributed by atoms with E-state index < -0.39 is 41.6 Å². The summed E-state index contributed by atoms with van der Waals surface area (Å²) >= 11 is 2.73. The van der Waals surface area contributed by atoms with E-state index in [1.807, 2.05) is 0 Å². The van der Waals surface area contributed by atoms with Gasteiger partial charge in [0.25, 0.3) is 5.56 Å². The third-order valence-corrected chi connectivity index (χ3v) is 1.40. The number of halogens is 1. The SMILES string of the molecule is [2H]c1c([2H])c(Br)n(C([2H])([2H])C([2H])([2H])[2H])c(=O)c1[2H]. The molecular weight excluding hydrogens is 194 g/mol. The third kappa shape index (κ3) is 1.29. The molecule has 0 saturated carbocycles. The smallest absolute Gasteiger partial charge is 0.251 e. The van der Waals surface area contributed by atoms with Crippen LogP contribution in [0.15, 0.2) is 27.5 Å². The molecule has 0 aromatic carbocycles. The van der Waals surface area contributed by atoms with E-state index in [0.717, 1.165) is 0 Å². The van der Waals surface area contributed by atoms with Crippen molar-refractivity contribution in [2.45, 2.75) is 13.3 Å². The summed E-state index contributed by atoms with van der Waals surface area (Å²) in [4.78, 5) is 11.7. The number of nitrogens with zero attached hydrogens (tertiary/aromatic N) is 1. The van der Waals surface area contributed by atoms with Gasteiger partial charge in [0, 0.05) is 19.4 Å². The maximum Gasteiger partial charge on any atom is 0.251 e. The minimum atomic E-state index is -3.15. The molecule has 0 radical (unpaired) electrons. The fourth-order valence-electron chi connectivity index (χ4n) is 0.437. The molecule has 0 aliphatic carbocycles. The van der Waals surface area contributed by atoms with Crippen LogP contribution >= 0.6 is 15.9 Å². The minimum absolute atomic E-state index is 0.169. The summed E-state index contributed by atoms with van der Waals surface area (Å²) in [6.45, 7) is -6.23. The zero-order valence-corrected chi connectivity index (χ0v) is 6.32. The molecule has 0 amide bonds. The van der Waals surface area contributed by atoms with E-state index in [1.165, 1.54) is 0 Å². The predicted octanol–water partition coefficient (Wildman–Crippen LogP) is 1.63. The van der Waals surface area contributed by atoms with Gasteiger partial charge in [-0.15, -0.1) is 0 Å². The van der Waals surface area contributed by atoms with Gasteiger partial charge >= 0.3 is 0 Å². The van der Waals surface area contributed by atoms with Gasteiger partial charge in [0.15, 0.2) is 0 Å². The molecule has 0 spiro atoms. The Labute approximate surface area is 78.9 Å². The van der Waals surface area contributed by atoms with E-state index in [2.05, 4.69) is 15.9 Å². The molecule has 0 fully saturated rings. The van der Waals surface area contributed by atoms with Gasteiger partial charge in [-0.1, -0.05) is 6.04 Å². The van der Waals surface area contributed by atoms with Crippen molar-refractivity contribution in [3.8, 4) is 0 Å². The largest absolute Gasteiger partial charge is 0.303 e. The fourth-order valence-corrected chi connectivity index (χ4v) is 0.786. The molecule has 54 valence electrons. The lowest BCUT2D eigenvalue weighted by Crippen LogP contribution is -2.17. The number of hydrogen-bond acceptors (Lipinski definition) is 1. The van der Waals surface area contributed by atoms with Crippen molar-refractivity contribution in [3.63, 3.8) is 0 Å². The van der Waals surface area contributed by atoms with E-state index in [0.29, 0.717) is 0 Å². The van der Waals surface area contributed by atoms with Gasteiger partial charge in [0.05, 0.1) is 8.72 Å². The highest BCUT2D eigenvalue weighted by Crippen LogP contribution is 2.04. The molecule has 1 aromatic heterocycles. The lowest BCUT2D eigenvalue weighted by atomic mass is 10.5. The molecule has 0 saturated heterocycles. The predicted molar refractivity (Wildman–Crippen MR) is 44.1 cm³/mol. The number of hydrogen-bond donors (Lipinski definition) is 0. The Bertz CT molecular complexity index is 548. The van der Waals surface area contributed by atoms with Crippen LogP contribution in [0.5, 0.6) is 0 Å². The molecule has 0 unspecified atom stereocenters. The standard InChI is InChI=1S/C7H8BrNO/c1-2-9-6(8)4-3-5-7(9)10/h3-5H,2H2,1H3/i1D3,2D2,3D,4D,5D. The first-order valence-electron chi connectivity index (χ1n) is 6.31. The molecule has 10 heavy (non-hydrogen) atoms. The van der Waals surface area contributed by atoms with Crippen molar-refractivity contribution in [1.29, 1.82) is 0 Å². The average molecular weight is 210 g/mol. The van der Waals surface area contributed by atoms with Crippen LogP contribution < -0.4 is 5.56 Å². The quantitative estimate of drug-likeness (QED) is 0.645. The van der Waals surface area contributed by atoms with Crippen molar-refractivity contribution in [1.82, 2.24) is 4.57 Å². The van der Waals surface area contributed by atoms with E-state index in [1.54, 1.807) is 0 Å². The zero-order chi connectivity index (χ0) is 14.5. The van der Waals surface area contributed by atoms with Gasteiger partial charge < -0.3 is 4.57 Å². The summed E-state index contributed by atoms with van der Waals surface area (Å²) in [5.74, 6) is 0. The van der Waals surface area contributed by atoms with Crippen LogP contribution in [0.1, 0.15) is 17.8 Å². The molecule has 1 aromatic rings. The van der Waals surface area contributed by atoms with Crippen molar-refractivity contribution in [2.75, 3.05) is 0 Å². The monoisotopic (exact) mass is 209 g/mol. The molecule has 0 atom stereocenters. The Morgan fingerprint density at radius 1 is 2.00 bits per heavy atom. The van der Waals surface area contributed by atoms with Gasteiger partial charge in [-0.25, -0.2) is 0 Å². The second kappa shape index (κ2) is 3.01. The van der Waals surface area contributed by atoms with Gasteiger partial charge in [0.1, 0.15) is 0 Å². The molecule has 0 bridgehead atoms. The van der Waals surface area contributed by atoms with Crippen LogP contribution in [0.4, 0.5) is 0 Å². The minimum Gasteiger partial charge on any atom is -0.303 e. The summed E-state index contributed by atoms with van der Waals surface area (Å²) < 4.78 is 57.9. The Hall–Kier alpha value is -0.570. The van der Waals surface area contributed by atoms with Crippen molar-refractivity contribution in [2.24, 2.45) is 0 Å². The van der Waals surface area contributed by atoms with Crippen molar-refractivity contribution in [3.05, 3.63) is 33.1 Å². The van der Waals surface area contributed by atoms with Gasteiger partial charge in [-0.05, 0) is 28.8 Å². The van der Waals surface area contributed by atoms with Crippen LogP contribution in [-0.4, -0.2) is 4.57 Å². The molecule has 3 heteroatoms. The summed E-state index contributed by atoms with van der Waals surface area (Å²) in [6.07, 6.45) is 0. The maximum absolute atomic E-state index is 11.7.